The van der Waals surface area contributed by atoms with Gasteiger partial charge in [-0.1, -0.05) is 60.7 Å². The summed E-state index contributed by atoms with van der Waals surface area (Å²) in [5.74, 6) is 0.304. The van der Waals surface area contributed by atoms with Gasteiger partial charge in [0.2, 0.25) is 11.8 Å². The second-order valence-electron chi connectivity index (χ2n) is 7.98. The molecule has 1 unspecified atom stereocenters. The molecule has 1 heterocycles. The molecular weight excluding hydrogens is 362 g/mol. The first kappa shape index (κ1) is 21.1. The number of hydrogen-bond donors (Lipinski definition) is 1. The number of rotatable bonds is 8. The highest BCUT2D eigenvalue weighted by Crippen LogP contribution is 2.28. The van der Waals surface area contributed by atoms with Gasteiger partial charge in [-0.2, -0.15) is 0 Å². The van der Waals surface area contributed by atoms with Crippen LogP contribution in [-0.4, -0.2) is 48.3 Å². The Morgan fingerprint density at radius 2 is 1.66 bits per heavy atom. The maximum Gasteiger partial charge on any atom is 0.237 e. The van der Waals surface area contributed by atoms with Crippen LogP contribution >= 0.6 is 0 Å². The van der Waals surface area contributed by atoms with E-state index in [9.17, 15) is 9.59 Å². The zero-order valence-corrected chi connectivity index (χ0v) is 17.2. The SMILES string of the molecule is CN(C(=O)CN1CCCC(CCC(N)=O)C1)C(c1ccccc1)c1ccccc1. The number of nitrogens with two attached hydrogens (primary N) is 1. The Morgan fingerprint density at radius 3 is 2.21 bits per heavy atom. The lowest BCUT2D eigenvalue weighted by Gasteiger charge is -2.35. The van der Waals surface area contributed by atoms with Crippen molar-refractivity contribution in [1.29, 1.82) is 0 Å². The number of amides is 2. The van der Waals surface area contributed by atoms with Gasteiger partial charge in [0.15, 0.2) is 0 Å². The van der Waals surface area contributed by atoms with Gasteiger partial charge in [0.1, 0.15) is 0 Å². The van der Waals surface area contributed by atoms with Gasteiger partial charge < -0.3 is 10.6 Å². The van der Waals surface area contributed by atoms with Gasteiger partial charge in [-0.3, -0.25) is 14.5 Å². The summed E-state index contributed by atoms with van der Waals surface area (Å²) in [6.45, 7) is 2.18. The molecule has 1 fully saturated rings. The minimum Gasteiger partial charge on any atom is -0.370 e. The molecule has 5 nitrogen and oxygen atoms in total. The van der Waals surface area contributed by atoms with Gasteiger partial charge in [0, 0.05) is 20.0 Å². The minimum atomic E-state index is -0.244. The number of nitrogens with zero attached hydrogens (tertiary/aromatic N) is 2. The molecule has 154 valence electrons. The van der Waals surface area contributed by atoms with Gasteiger partial charge in [-0.05, 0) is 42.9 Å². The van der Waals surface area contributed by atoms with Crippen LogP contribution in [0.25, 0.3) is 0 Å². The normalized spacial score (nSPS) is 17.2. The molecule has 0 aliphatic carbocycles. The van der Waals surface area contributed by atoms with Gasteiger partial charge in [-0.25, -0.2) is 0 Å². The van der Waals surface area contributed by atoms with Crippen LogP contribution in [0.4, 0.5) is 0 Å². The first-order valence-corrected chi connectivity index (χ1v) is 10.4. The van der Waals surface area contributed by atoms with Crippen LogP contribution in [0.5, 0.6) is 0 Å². The zero-order valence-electron chi connectivity index (χ0n) is 17.2. The number of carbonyl (C=O) groups excluding carboxylic acids is 2. The van der Waals surface area contributed by atoms with E-state index >= 15 is 0 Å². The van der Waals surface area contributed by atoms with Crippen LogP contribution in [-0.2, 0) is 9.59 Å². The van der Waals surface area contributed by atoms with Gasteiger partial charge >= 0.3 is 0 Å². The summed E-state index contributed by atoms with van der Waals surface area (Å²) >= 11 is 0. The lowest BCUT2D eigenvalue weighted by Crippen LogP contribution is -2.44. The van der Waals surface area contributed by atoms with E-state index in [1.165, 1.54) is 0 Å². The van der Waals surface area contributed by atoms with Crippen molar-refractivity contribution in [2.75, 3.05) is 26.7 Å². The molecule has 0 aromatic heterocycles. The number of piperidine rings is 1. The predicted molar refractivity (Wildman–Crippen MR) is 115 cm³/mol. The summed E-state index contributed by atoms with van der Waals surface area (Å²) in [5, 5.41) is 0. The van der Waals surface area contributed by atoms with Crippen LogP contribution < -0.4 is 5.73 Å². The topological polar surface area (TPSA) is 66.6 Å². The first-order chi connectivity index (χ1) is 14.0. The average Bonchev–Trinajstić information content (AvgIpc) is 2.74. The highest BCUT2D eigenvalue weighted by molar-refractivity contribution is 5.79. The largest absolute Gasteiger partial charge is 0.370 e. The van der Waals surface area contributed by atoms with Gasteiger partial charge in [-0.15, -0.1) is 0 Å². The van der Waals surface area contributed by atoms with E-state index in [-0.39, 0.29) is 17.9 Å². The van der Waals surface area contributed by atoms with E-state index in [0.717, 1.165) is 43.5 Å². The monoisotopic (exact) mass is 393 g/mol. The van der Waals surface area contributed by atoms with Crippen molar-refractivity contribution in [2.24, 2.45) is 11.7 Å². The van der Waals surface area contributed by atoms with Crippen LogP contribution in [0.15, 0.2) is 60.7 Å². The fourth-order valence-corrected chi connectivity index (χ4v) is 4.23. The van der Waals surface area contributed by atoms with Crippen molar-refractivity contribution in [1.82, 2.24) is 9.80 Å². The molecule has 0 saturated carbocycles. The van der Waals surface area contributed by atoms with Crippen molar-refractivity contribution in [3.05, 3.63) is 71.8 Å². The number of primary amides is 1. The fourth-order valence-electron chi connectivity index (χ4n) is 4.23. The molecule has 0 bridgehead atoms. The maximum atomic E-state index is 13.2. The second kappa shape index (κ2) is 10.2. The summed E-state index contributed by atoms with van der Waals surface area (Å²) in [6.07, 6.45) is 3.40. The third-order valence-corrected chi connectivity index (χ3v) is 5.77. The predicted octanol–water partition coefficient (Wildman–Crippen LogP) is 3.21. The number of carbonyl (C=O) groups is 2. The summed E-state index contributed by atoms with van der Waals surface area (Å²) in [7, 11) is 1.89. The van der Waals surface area contributed by atoms with Crippen LogP contribution in [0.3, 0.4) is 0 Å². The first-order valence-electron chi connectivity index (χ1n) is 10.4. The Bertz CT molecular complexity index is 755. The van der Waals surface area contributed by atoms with E-state index < -0.39 is 0 Å². The maximum absolute atomic E-state index is 13.2. The molecule has 5 heteroatoms. The zero-order chi connectivity index (χ0) is 20.6. The van der Waals surface area contributed by atoms with E-state index in [1.54, 1.807) is 0 Å². The van der Waals surface area contributed by atoms with Crippen LogP contribution in [0.2, 0.25) is 0 Å². The van der Waals surface area contributed by atoms with Gasteiger partial charge in [0.25, 0.3) is 0 Å². The molecule has 2 aromatic rings. The van der Waals surface area contributed by atoms with E-state index in [2.05, 4.69) is 29.2 Å². The Balaban J connectivity index is 1.69. The molecule has 0 radical (unpaired) electrons. The van der Waals surface area contributed by atoms with Crippen molar-refractivity contribution >= 4 is 11.8 Å². The highest BCUT2D eigenvalue weighted by Gasteiger charge is 2.27. The molecule has 0 spiro atoms. The number of benzene rings is 2. The van der Waals surface area contributed by atoms with E-state index in [0.29, 0.717) is 18.9 Å². The summed E-state index contributed by atoms with van der Waals surface area (Å²) < 4.78 is 0. The molecule has 2 aromatic carbocycles. The lowest BCUT2D eigenvalue weighted by atomic mass is 9.93. The Hall–Kier alpha value is -2.66. The highest BCUT2D eigenvalue weighted by atomic mass is 16.2. The molecule has 1 atom stereocenters. The summed E-state index contributed by atoms with van der Waals surface area (Å²) in [5.41, 5.74) is 7.50. The van der Waals surface area contributed by atoms with Crippen LogP contribution in [0, 0.1) is 5.92 Å². The lowest BCUT2D eigenvalue weighted by molar-refractivity contribution is -0.133. The molecular formula is C24H31N3O2. The minimum absolute atomic E-state index is 0.109. The van der Waals surface area contributed by atoms with Gasteiger partial charge in [0.05, 0.1) is 12.6 Å². The van der Waals surface area contributed by atoms with Crippen molar-refractivity contribution in [3.63, 3.8) is 0 Å². The molecule has 1 saturated heterocycles. The second-order valence-corrected chi connectivity index (χ2v) is 7.98. The molecule has 29 heavy (non-hydrogen) atoms. The number of likely N-dealkylation sites (tertiary alicyclic amines) is 1. The van der Waals surface area contributed by atoms with Crippen LogP contribution in [0.1, 0.15) is 42.9 Å². The standard InChI is InChI=1S/C24H31N3O2/c1-26(23(29)18-27-16-8-9-19(17-27)14-15-22(25)28)24(20-10-4-2-5-11-20)21-12-6-3-7-13-21/h2-7,10-13,19,24H,8-9,14-18H2,1H3,(H2,25,28). The number of hydrogen-bond acceptors (Lipinski definition) is 3. The quantitative estimate of drug-likeness (QED) is 0.749. The summed E-state index contributed by atoms with van der Waals surface area (Å²) in [4.78, 5) is 28.3. The summed E-state index contributed by atoms with van der Waals surface area (Å²) in [6, 6.07) is 20.2. The smallest absolute Gasteiger partial charge is 0.237 e. The molecule has 2 N–H and O–H groups in total. The molecule has 3 rings (SSSR count). The van der Waals surface area contributed by atoms with E-state index in [4.69, 9.17) is 5.73 Å². The van der Waals surface area contributed by atoms with Crippen molar-refractivity contribution < 1.29 is 9.59 Å². The molecule has 2 amide bonds. The van der Waals surface area contributed by atoms with E-state index in [1.807, 2.05) is 48.3 Å². The number of likely N-dealkylation sites (N-methyl/N-ethyl adjacent to an activating group) is 1. The molecule has 1 aliphatic rings. The average molecular weight is 394 g/mol. The third kappa shape index (κ3) is 5.91. The van der Waals surface area contributed by atoms with Crippen molar-refractivity contribution in [2.45, 2.75) is 31.7 Å². The van der Waals surface area contributed by atoms with Crippen molar-refractivity contribution in [3.8, 4) is 0 Å². The Morgan fingerprint density at radius 1 is 1.07 bits per heavy atom. The molecule has 1 aliphatic heterocycles. The third-order valence-electron chi connectivity index (χ3n) is 5.77. The Labute approximate surface area is 173 Å². The Kier molecular flexibility index (Phi) is 7.42. The fraction of sp³-hybridized carbons (Fsp3) is 0.417.